The normalized spacial score (nSPS) is 12.2. The first-order valence-corrected chi connectivity index (χ1v) is 8.91. The summed E-state index contributed by atoms with van der Waals surface area (Å²) in [5, 5.41) is 0. The lowest BCUT2D eigenvalue weighted by Gasteiger charge is -2.37. The monoisotopic (exact) mass is 337 g/mol. The van der Waals surface area contributed by atoms with E-state index in [0.717, 1.165) is 55.0 Å². The number of pyridine rings is 1. The highest BCUT2D eigenvalue weighted by molar-refractivity contribution is 5.74. The number of rotatable bonds is 8. The summed E-state index contributed by atoms with van der Waals surface area (Å²) in [7, 11) is 0. The molecule has 132 valence electrons. The fraction of sp³-hybridized carbons (Fsp3) is 0.400. The molecule has 3 rings (SSSR count). The zero-order valence-electron chi connectivity index (χ0n) is 15.1. The van der Waals surface area contributed by atoms with Gasteiger partial charge in [0.05, 0.1) is 28.8 Å². The Morgan fingerprint density at radius 3 is 2.60 bits per heavy atom. The van der Waals surface area contributed by atoms with Crippen LogP contribution in [0.2, 0.25) is 0 Å². The molecule has 1 aromatic carbocycles. The molecule has 3 N–H and O–H groups in total. The van der Waals surface area contributed by atoms with E-state index in [1.807, 2.05) is 36.5 Å². The van der Waals surface area contributed by atoms with Crippen LogP contribution < -0.4 is 5.73 Å². The van der Waals surface area contributed by atoms with E-state index in [-0.39, 0.29) is 5.54 Å². The Balaban J connectivity index is 1.85. The minimum absolute atomic E-state index is 0.186. The fourth-order valence-electron chi connectivity index (χ4n) is 3.15. The second-order valence-corrected chi connectivity index (χ2v) is 6.89. The van der Waals surface area contributed by atoms with Crippen molar-refractivity contribution < 1.29 is 0 Å². The van der Waals surface area contributed by atoms with Crippen molar-refractivity contribution in [2.45, 2.75) is 38.8 Å². The third-order valence-electron chi connectivity index (χ3n) is 4.74. The van der Waals surface area contributed by atoms with Crippen LogP contribution in [0, 0.1) is 0 Å². The number of imidazole rings is 1. The van der Waals surface area contributed by atoms with Gasteiger partial charge in [-0.15, -0.1) is 0 Å². The van der Waals surface area contributed by atoms with Gasteiger partial charge in [-0.25, -0.2) is 4.98 Å². The average Bonchev–Trinajstić information content (AvgIpc) is 3.04. The summed E-state index contributed by atoms with van der Waals surface area (Å²) in [5.41, 5.74) is 8.66. The molecule has 3 aromatic rings. The molecule has 0 bridgehead atoms. The topological polar surface area (TPSA) is 70.8 Å². The first-order chi connectivity index (χ1) is 12.1. The van der Waals surface area contributed by atoms with Crippen LogP contribution in [0.3, 0.4) is 0 Å². The van der Waals surface area contributed by atoms with Crippen molar-refractivity contribution in [1.29, 1.82) is 0 Å². The molecule has 5 nitrogen and oxygen atoms in total. The highest BCUT2D eigenvalue weighted by Crippen LogP contribution is 2.28. The van der Waals surface area contributed by atoms with Crippen molar-refractivity contribution in [2.75, 3.05) is 13.1 Å². The molecule has 5 heteroatoms. The summed E-state index contributed by atoms with van der Waals surface area (Å²) >= 11 is 0. The largest absolute Gasteiger partial charge is 0.341 e. The van der Waals surface area contributed by atoms with Gasteiger partial charge in [-0.1, -0.05) is 18.2 Å². The van der Waals surface area contributed by atoms with Crippen LogP contribution in [0.15, 0.2) is 48.7 Å². The number of nitrogens with two attached hydrogens (primary N) is 1. The second-order valence-electron chi connectivity index (χ2n) is 6.89. The molecular formula is C20H27N5. The van der Waals surface area contributed by atoms with Crippen LogP contribution in [-0.2, 0) is 12.1 Å². The first-order valence-electron chi connectivity index (χ1n) is 8.91. The van der Waals surface area contributed by atoms with Crippen LogP contribution in [0.4, 0.5) is 0 Å². The van der Waals surface area contributed by atoms with Gasteiger partial charge in [-0.2, -0.15) is 0 Å². The van der Waals surface area contributed by atoms with Crippen molar-refractivity contribution in [3.8, 4) is 0 Å². The van der Waals surface area contributed by atoms with Gasteiger partial charge in [0.15, 0.2) is 0 Å². The van der Waals surface area contributed by atoms with E-state index in [1.165, 1.54) is 0 Å². The first kappa shape index (κ1) is 17.6. The molecule has 2 heterocycles. The molecule has 0 saturated heterocycles. The van der Waals surface area contributed by atoms with Gasteiger partial charge in [0, 0.05) is 6.20 Å². The molecule has 2 aromatic heterocycles. The Morgan fingerprint density at radius 2 is 1.88 bits per heavy atom. The number of nitrogens with one attached hydrogen (secondary N) is 1. The Morgan fingerprint density at radius 1 is 1.08 bits per heavy atom. The van der Waals surface area contributed by atoms with Crippen molar-refractivity contribution in [3.63, 3.8) is 0 Å². The van der Waals surface area contributed by atoms with Crippen LogP contribution >= 0.6 is 0 Å². The van der Waals surface area contributed by atoms with E-state index >= 15 is 0 Å². The van der Waals surface area contributed by atoms with Gasteiger partial charge >= 0.3 is 0 Å². The summed E-state index contributed by atoms with van der Waals surface area (Å²) < 4.78 is 0. The van der Waals surface area contributed by atoms with E-state index in [2.05, 4.69) is 40.8 Å². The van der Waals surface area contributed by atoms with Gasteiger partial charge in [-0.3, -0.25) is 9.88 Å². The predicted molar refractivity (Wildman–Crippen MR) is 102 cm³/mol. The van der Waals surface area contributed by atoms with E-state index in [4.69, 9.17) is 10.7 Å². The van der Waals surface area contributed by atoms with Crippen molar-refractivity contribution in [3.05, 3.63) is 60.2 Å². The Hall–Kier alpha value is -2.24. The fourth-order valence-corrected chi connectivity index (χ4v) is 3.15. The molecule has 0 aliphatic rings. The molecule has 0 amide bonds. The predicted octanol–water partition coefficient (Wildman–Crippen LogP) is 3.43. The highest BCUT2D eigenvalue weighted by Gasteiger charge is 2.30. The summed E-state index contributed by atoms with van der Waals surface area (Å²) in [6, 6.07) is 14.2. The zero-order chi connectivity index (χ0) is 17.7. The summed E-state index contributed by atoms with van der Waals surface area (Å²) in [5.74, 6) is 0.984. The van der Waals surface area contributed by atoms with E-state index in [9.17, 15) is 0 Å². The summed E-state index contributed by atoms with van der Waals surface area (Å²) in [6.45, 7) is 6.88. The van der Waals surface area contributed by atoms with Crippen molar-refractivity contribution in [1.82, 2.24) is 19.9 Å². The number of hydrogen-bond donors (Lipinski definition) is 2. The van der Waals surface area contributed by atoms with Crippen LogP contribution in [0.5, 0.6) is 0 Å². The summed E-state index contributed by atoms with van der Waals surface area (Å²) in [6.07, 6.45) is 3.94. The number of H-pyrrole nitrogens is 1. The lowest BCUT2D eigenvalue weighted by molar-refractivity contribution is 0.101. The SMILES string of the molecule is CC(C)(c1ccccn1)N(CCCCN)Cc1nc2ccccc2[nH]1. The lowest BCUT2D eigenvalue weighted by atomic mass is 9.96. The number of aromatic nitrogens is 3. The number of fused-ring (bicyclic) bond motifs is 1. The minimum atomic E-state index is -0.186. The van der Waals surface area contributed by atoms with Crippen LogP contribution in [0.25, 0.3) is 11.0 Å². The second kappa shape index (κ2) is 7.76. The molecule has 25 heavy (non-hydrogen) atoms. The highest BCUT2D eigenvalue weighted by atomic mass is 15.2. The van der Waals surface area contributed by atoms with Crippen LogP contribution in [-0.4, -0.2) is 32.9 Å². The standard InChI is InChI=1S/C20H27N5/c1-20(2,18-11-5-7-13-22-18)25(14-8-6-12-21)15-19-23-16-9-3-4-10-17(16)24-19/h3-5,7,9-11,13H,6,8,12,14-15,21H2,1-2H3,(H,23,24). The third-order valence-corrected chi connectivity index (χ3v) is 4.74. The Labute approximate surface area is 149 Å². The van der Waals surface area contributed by atoms with Gasteiger partial charge in [-0.05, 0) is 64.0 Å². The number of nitrogens with zero attached hydrogens (tertiary/aromatic N) is 3. The quantitative estimate of drug-likeness (QED) is 0.618. The lowest BCUT2D eigenvalue weighted by Crippen LogP contribution is -2.42. The maximum atomic E-state index is 5.69. The van der Waals surface area contributed by atoms with Crippen molar-refractivity contribution in [2.24, 2.45) is 5.73 Å². The molecule has 0 aliphatic heterocycles. The molecule has 0 spiro atoms. The Kier molecular flexibility index (Phi) is 5.46. The van der Waals surface area contributed by atoms with E-state index < -0.39 is 0 Å². The molecule has 0 saturated carbocycles. The van der Waals surface area contributed by atoms with Gasteiger partial charge in [0.1, 0.15) is 5.82 Å². The van der Waals surface area contributed by atoms with Gasteiger partial charge in [0.25, 0.3) is 0 Å². The van der Waals surface area contributed by atoms with Gasteiger partial charge in [0.2, 0.25) is 0 Å². The maximum absolute atomic E-state index is 5.69. The molecule has 0 atom stereocenters. The maximum Gasteiger partial charge on any atom is 0.121 e. The van der Waals surface area contributed by atoms with E-state index in [1.54, 1.807) is 0 Å². The molecule has 0 aliphatic carbocycles. The van der Waals surface area contributed by atoms with Crippen molar-refractivity contribution >= 4 is 11.0 Å². The molecular weight excluding hydrogens is 310 g/mol. The number of unbranched alkanes of at least 4 members (excludes halogenated alkanes) is 1. The number of hydrogen-bond acceptors (Lipinski definition) is 4. The minimum Gasteiger partial charge on any atom is -0.341 e. The number of benzene rings is 1. The summed E-state index contributed by atoms with van der Waals surface area (Å²) in [4.78, 5) is 15.2. The zero-order valence-corrected chi connectivity index (χ0v) is 15.1. The third kappa shape index (κ3) is 4.06. The molecule has 0 unspecified atom stereocenters. The van der Waals surface area contributed by atoms with Crippen LogP contribution in [0.1, 0.15) is 38.2 Å². The smallest absolute Gasteiger partial charge is 0.121 e. The van der Waals surface area contributed by atoms with E-state index in [0.29, 0.717) is 0 Å². The number of aromatic amines is 1. The average molecular weight is 337 g/mol. The Bertz CT molecular complexity index is 761. The number of para-hydroxylation sites is 2. The molecule has 0 fully saturated rings. The molecule has 0 radical (unpaired) electrons. The van der Waals surface area contributed by atoms with Gasteiger partial charge < -0.3 is 10.7 Å².